The Labute approximate surface area is 114 Å². The molecule has 1 aromatic heterocycles. The molecule has 98 valence electrons. The lowest BCUT2D eigenvalue weighted by molar-refractivity contribution is 0.0949. The Morgan fingerprint density at radius 3 is 3.00 bits per heavy atom. The van der Waals surface area contributed by atoms with Gasteiger partial charge in [0.15, 0.2) is 4.34 Å². The maximum atomic E-state index is 11.4. The third-order valence-corrected chi connectivity index (χ3v) is 6.39. The summed E-state index contributed by atoms with van der Waals surface area (Å²) in [7, 11) is -2.37. The van der Waals surface area contributed by atoms with Crippen molar-refractivity contribution in [3.8, 4) is 0 Å². The van der Waals surface area contributed by atoms with E-state index in [-0.39, 0.29) is 5.69 Å². The van der Waals surface area contributed by atoms with E-state index in [0.717, 1.165) is 10.6 Å². The molecule has 6 nitrogen and oxygen atoms in total. The number of thiazole rings is 1. The Kier molecular flexibility index (Phi) is 2.86. The summed E-state index contributed by atoms with van der Waals surface area (Å²) in [5.41, 5.74) is 4.46. The van der Waals surface area contributed by atoms with Crippen LogP contribution in [0.15, 0.2) is 43.9 Å². The molecule has 2 aromatic rings. The zero-order valence-electron chi connectivity index (χ0n) is 9.61. The van der Waals surface area contributed by atoms with E-state index in [9.17, 15) is 9.35 Å². The highest BCUT2D eigenvalue weighted by atomic mass is 32.3. The summed E-state index contributed by atoms with van der Waals surface area (Å²) < 4.78 is 11.3. The second-order valence-corrected chi connectivity index (χ2v) is 7.21. The molecule has 8 heteroatoms. The Morgan fingerprint density at radius 2 is 2.21 bits per heavy atom. The number of aliphatic imine (C=N–C) groups is 1. The number of hydrogen-bond acceptors (Lipinski definition) is 6. The fraction of sp³-hybridized carbons (Fsp3) is 0. The molecule has 0 saturated carbocycles. The second-order valence-electron chi connectivity index (χ2n) is 3.80. The van der Waals surface area contributed by atoms with Crippen molar-refractivity contribution in [3.05, 3.63) is 35.3 Å². The van der Waals surface area contributed by atoms with Gasteiger partial charge in [-0.25, -0.2) is 15.8 Å². The summed E-state index contributed by atoms with van der Waals surface area (Å²) in [5, 5.41) is 1.57. The smallest absolute Gasteiger partial charge is 0.284 e. The van der Waals surface area contributed by atoms with Crippen molar-refractivity contribution < 1.29 is 9.35 Å². The van der Waals surface area contributed by atoms with Crippen LogP contribution in [0.5, 0.6) is 0 Å². The standard InChI is InChI=1S/C11H10N4O2S2/c12-15-10(16)8-5-18-11(14-8)19(17)6-13-7-3-1-2-4-9(7)19/h1-6,17H,12H2,(H,15,16). The molecule has 0 radical (unpaired) electrons. The van der Waals surface area contributed by atoms with Crippen molar-refractivity contribution in [2.45, 2.75) is 9.24 Å². The lowest BCUT2D eigenvalue weighted by Gasteiger charge is -2.23. The molecule has 2 heterocycles. The number of nitrogens with zero attached hydrogens (tertiary/aromatic N) is 2. The molecule has 1 aliphatic rings. The molecule has 3 rings (SSSR count). The summed E-state index contributed by atoms with van der Waals surface area (Å²) in [5.74, 6) is 4.58. The molecule has 0 saturated heterocycles. The monoisotopic (exact) mass is 294 g/mol. The zero-order chi connectivity index (χ0) is 13.5. The third-order valence-electron chi connectivity index (χ3n) is 2.66. The molecule has 0 aliphatic carbocycles. The van der Waals surface area contributed by atoms with Crippen molar-refractivity contribution in [2.75, 3.05) is 0 Å². The molecule has 1 unspecified atom stereocenters. The van der Waals surface area contributed by atoms with Gasteiger partial charge in [-0.2, -0.15) is 0 Å². The van der Waals surface area contributed by atoms with E-state index >= 15 is 0 Å². The van der Waals surface area contributed by atoms with Gasteiger partial charge >= 0.3 is 0 Å². The van der Waals surface area contributed by atoms with Gasteiger partial charge in [0.05, 0.1) is 16.1 Å². The minimum atomic E-state index is -2.37. The molecular formula is C11H10N4O2S2. The number of hydrazine groups is 1. The highest BCUT2D eigenvalue weighted by Gasteiger charge is 2.34. The fourth-order valence-corrected chi connectivity index (χ4v) is 5.01. The zero-order valence-corrected chi connectivity index (χ0v) is 11.2. The predicted molar refractivity (Wildman–Crippen MR) is 75.1 cm³/mol. The summed E-state index contributed by atoms with van der Waals surface area (Å²) in [6.45, 7) is 0. The Morgan fingerprint density at radius 1 is 1.42 bits per heavy atom. The topological polar surface area (TPSA) is 101 Å². The molecule has 1 atom stereocenters. The summed E-state index contributed by atoms with van der Waals surface area (Å²) in [4.78, 5) is 20.5. The van der Waals surface area contributed by atoms with Crippen LogP contribution in [-0.2, 0) is 0 Å². The number of nitrogens with one attached hydrogen (secondary N) is 1. The lowest BCUT2D eigenvalue weighted by Crippen LogP contribution is -2.30. The number of fused-ring (bicyclic) bond motifs is 1. The number of nitrogen functional groups attached to an aromatic ring is 1. The summed E-state index contributed by atoms with van der Waals surface area (Å²) >= 11 is 1.22. The van der Waals surface area contributed by atoms with Gasteiger partial charge in [0.25, 0.3) is 5.91 Å². The van der Waals surface area contributed by atoms with E-state index < -0.39 is 16.2 Å². The first-order valence-electron chi connectivity index (χ1n) is 5.30. The van der Waals surface area contributed by atoms with Crippen LogP contribution in [0, 0.1) is 0 Å². The second kappa shape index (κ2) is 4.42. The van der Waals surface area contributed by atoms with Crippen molar-refractivity contribution in [1.82, 2.24) is 10.4 Å². The van der Waals surface area contributed by atoms with Crippen LogP contribution in [0.1, 0.15) is 10.5 Å². The number of benzene rings is 1. The Bertz CT molecular complexity index is 685. The summed E-state index contributed by atoms with van der Waals surface area (Å²) in [6.07, 6.45) is 0. The number of hydrogen-bond donors (Lipinski definition) is 3. The van der Waals surface area contributed by atoms with E-state index in [0.29, 0.717) is 4.34 Å². The Balaban J connectivity index is 2.06. The van der Waals surface area contributed by atoms with Crippen molar-refractivity contribution in [3.63, 3.8) is 0 Å². The van der Waals surface area contributed by atoms with Crippen molar-refractivity contribution in [1.29, 1.82) is 0 Å². The molecule has 4 N–H and O–H groups in total. The third kappa shape index (κ3) is 1.85. The van der Waals surface area contributed by atoms with Crippen LogP contribution >= 0.6 is 21.6 Å². The maximum Gasteiger partial charge on any atom is 0.284 e. The maximum absolute atomic E-state index is 11.4. The first-order valence-corrected chi connectivity index (χ1v) is 7.84. The van der Waals surface area contributed by atoms with Gasteiger partial charge in [-0.3, -0.25) is 10.2 Å². The average Bonchev–Trinajstić information content (AvgIpc) is 3.05. The lowest BCUT2D eigenvalue weighted by atomic mass is 10.3. The van der Waals surface area contributed by atoms with Crippen LogP contribution in [0.25, 0.3) is 0 Å². The van der Waals surface area contributed by atoms with Gasteiger partial charge in [-0.15, -0.1) is 11.3 Å². The van der Waals surface area contributed by atoms with E-state index in [1.54, 1.807) is 5.38 Å². The van der Waals surface area contributed by atoms with E-state index in [1.807, 2.05) is 29.7 Å². The molecule has 0 spiro atoms. The predicted octanol–water partition coefficient (Wildman–Crippen LogP) is 2.12. The number of aromatic nitrogens is 1. The quantitative estimate of drug-likeness (QED) is 0.448. The van der Waals surface area contributed by atoms with Crippen LogP contribution in [0.4, 0.5) is 5.69 Å². The van der Waals surface area contributed by atoms with E-state index in [2.05, 4.69) is 9.98 Å². The molecule has 0 fully saturated rings. The summed E-state index contributed by atoms with van der Waals surface area (Å²) in [6, 6.07) is 7.35. The first-order chi connectivity index (χ1) is 9.15. The SMILES string of the molecule is NNC(=O)c1csc(S2(O)C=Nc3ccccc32)n1. The van der Waals surface area contributed by atoms with Crippen LogP contribution in [-0.4, -0.2) is 21.0 Å². The average molecular weight is 294 g/mol. The van der Waals surface area contributed by atoms with Gasteiger partial charge in [-0.1, -0.05) is 12.1 Å². The van der Waals surface area contributed by atoms with Gasteiger partial charge in [0, 0.05) is 5.38 Å². The van der Waals surface area contributed by atoms with Crippen molar-refractivity contribution in [2.24, 2.45) is 10.8 Å². The Hall–Kier alpha value is -1.74. The van der Waals surface area contributed by atoms with Crippen molar-refractivity contribution >= 4 is 38.8 Å². The van der Waals surface area contributed by atoms with Crippen LogP contribution in [0.2, 0.25) is 0 Å². The number of para-hydroxylation sites is 1. The normalized spacial score (nSPS) is 23.7. The fourth-order valence-electron chi connectivity index (χ4n) is 1.73. The van der Waals surface area contributed by atoms with E-state index in [1.165, 1.54) is 16.9 Å². The van der Waals surface area contributed by atoms with E-state index in [4.69, 9.17) is 5.84 Å². The number of nitrogens with two attached hydrogens (primary N) is 1. The van der Waals surface area contributed by atoms with Gasteiger partial charge in [-0.05, 0) is 22.4 Å². The highest BCUT2D eigenvalue weighted by molar-refractivity contribution is 8.41. The number of carbonyl (C=O) groups is 1. The van der Waals surface area contributed by atoms with Crippen LogP contribution in [0.3, 0.4) is 0 Å². The minimum absolute atomic E-state index is 0.196. The minimum Gasteiger partial charge on any atom is -0.335 e. The number of rotatable bonds is 2. The van der Waals surface area contributed by atoms with Gasteiger partial charge < -0.3 is 4.55 Å². The van der Waals surface area contributed by atoms with Gasteiger partial charge in [0.1, 0.15) is 5.69 Å². The number of carbonyl (C=O) groups excluding carboxylic acids is 1. The molecule has 0 bridgehead atoms. The molecule has 1 aliphatic heterocycles. The largest absolute Gasteiger partial charge is 0.335 e. The molecule has 19 heavy (non-hydrogen) atoms. The first kappa shape index (κ1) is 12.3. The molecule has 1 amide bonds. The van der Waals surface area contributed by atoms with Crippen LogP contribution < -0.4 is 11.3 Å². The molecule has 1 aromatic carbocycles. The van der Waals surface area contributed by atoms with Gasteiger partial charge in [0.2, 0.25) is 0 Å². The highest BCUT2D eigenvalue weighted by Crippen LogP contribution is 2.64. The number of amides is 1. The molecular weight excluding hydrogens is 284 g/mol.